The molecule has 0 radical (unpaired) electrons. The van der Waals surface area contributed by atoms with Gasteiger partial charge in [-0.15, -0.1) is 0 Å². The molecule has 2 aromatic carbocycles. The first kappa shape index (κ1) is 14.9. The number of rotatable bonds is 4. The summed E-state index contributed by atoms with van der Waals surface area (Å²) in [4.78, 5) is 15.8. The van der Waals surface area contributed by atoms with Gasteiger partial charge in [-0.1, -0.05) is 52.3 Å². The average molecular weight is 357 g/mol. The van der Waals surface area contributed by atoms with Crippen molar-refractivity contribution in [2.45, 2.75) is 18.3 Å². The molecule has 1 aromatic heterocycles. The summed E-state index contributed by atoms with van der Waals surface area (Å²) in [6, 6.07) is 17.7. The predicted molar refractivity (Wildman–Crippen MR) is 93.3 cm³/mol. The Hall–Kier alpha value is -2.07. The maximum atomic E-state index is 12.5. The molecule has 0 fully saturated rings. The summed E-state index contributed by atoms with van der Waals surface area (Å²) in [6.07, 6.45) is 0. The predicted octanol–water partition coefficient (Wildman–Crippen LogP) is 4.55. The van der Waals surface area contributed by atoms with Crippen molar-refractivity contribution < 1.29 is 4.79 Å². The Morgan fingerprint density at radius 2 is 1.91 bits per heavy atom. The van der Waals surface area contributed by atoms with Crippen molar-refractivity contribution in [3.8, 4) is 0 Å². The lowest BCUT2D eigenvalue weighted by Gasteiger charge is -2.14. The van der Waals surface area contributed by atoms with Crippen LogP contribution in [0.4, 0.5) is 0 Å². The number of hydrogen-bond acceptors (Lipinski definition) is 1. The van der Waals surface area contributed by atoms with Crippen LogP contribution in [-0.2, 0) is 5.33 Å². The average Bonchev–Trinajstić information content (AvgIpc) is 2.99. The Bertz CT molecular complexity index is 776. The van der Waals surface area contributed by atoms with E-state index in [0.29, 0.717) is 10.9 Å². The molecule has 0 aliphatic rings. The van der Waals surface area contributed by atoms with Crippen LogP contribution in [0.5, 0.6) is 0 Å². The highest BCUT2D eigenvalue weighted by atomic mass is 79.9. The van der Waals surface area contributed by atoms with Gasteiger partial charge >= 0.3 is 0 Å². The Balaban J connectivity index is 1.81. The number of aromatic amines is 1. The molecule has 0 spiro atoms. The first-order valence-electron chi connectivity index (χ1n) is 7.21. The molecule has 0 aliphatic heterocycles. The Kier molecular flexibility index (Phi) is 4.29. The van der Waals surface area contributed by atoms with Crippen LogP contribution in [0.1, 0.15) is 34.6 Å². The highest BCUT2D eigenvalue weighted by Crippen LogP contribution is 2.20. The molecular formula is C18H17BrN2O. The van der Waals surface area contributed by atoms with Crippen LogP contribution in [0.25, 0.3) is 10.9 Å². The first-order valence-corrected chi connectivity index (χ1v) is 8.33. The van der Waals surface area contributed by atoms with Crippen LogP contribution in [0.15, 0.2) is 54.6 Å². The summed E-state index contributed by atoms with van der Waals surface area (Å²) in [5.74, 6) is -0.0544. The van der Waals surface area contributed by atoms with Crippen LogP contribution in [0.3, 0.4) is 0 Å². The minimum Gasteiger partial charge on any atom is -0.357 e. The smallest absolute Gasteiger partial charge is 0.252 e. The summed E-state index contributed by atoms with van der Waals surface area (Å²) in [5, 5.41) is 4.87. The van der Waals surface area contributed by atoms with Gasteiger partial charge in [-0.05, 0) is 36.1 Å². The number of alkyl halides is 1. The van der Waals surface area contributed by atoms with Crippen LogP contribution in [0.2, 0.25) is 0 Å². The minimum absolute atomic E-state index is 0.0544. The van der Waals surface area contributed by atoms with E-state index >= 15 is 0 Å². The third kappa shape index (κ3) is 2.92. The van der Waals surface area contributed by atoms with Crippen LogP contribution >= 0.6 is 15.9 Å². The number of carbonyl (C=O) groups is 1. The van der Waals surface area contributed by atoms with Crippen molar-refractivity contribution in [2.75, 3.05) is 0 Å². The standard InChI is InChI=1S/C18H17BrN2O/c1-12(17-10-13-6-3-5-9-16(13)21-17)20-18(22)15-8-4-2-7-14(15)11-19/h2-10,12,21H,11H2,1H3,(H,20,22). The van der Waals surface area contributed by atoms with Gasteiger partial charge in [0, 0.05) is 22.1 Å². The highest BCUT2D eigenvalue weighted by molar-refractivity contribution is 9.08. The summed E-state index contributed by atoms with van der Waals surface area (Å²) in [5.41, 5.74) is 3.79. The lowest BCUT2D eigenvalue weighted by atomic mass is 10.1. The Morgan fingerprint density at radius 1 is 1.18 bits per heavy atom. The van der Waals surface area contributed by atoms with E-state index in [1.807, 2.05) is 49.4 Å². The van der Waals surface area contributed by atoms with Crippen molar-refractivity contribution in [1.29, 1.82) is 0 Å². The van der Waals surface area contributed by atoms with E-state index < -0.39 is 0 Å². The van der Waals surface area contributed by atoms with Gasteiger partial charge < -0.3 is 10.3 Å². The lowest BCUT2D eigenvalue weighted by Crippen LogP contribution is -2.27. The van der Waals surface area contributed by atoms with E-state index in [2.05, 4.69) is 38.4 Å². The number of hydrogen-bond donors (Lipinski definition) is 2. The molecule has 0 saturated carbocycles. The van der Waals surface area contributed by atoms with Gasteiger partial charge in [0.1, 0.15) is 0 Å². The fourth-order valence-corrected chi connectivity index (χ4v) is 3.03. The Morgan fingerprint density at radius 3 is 2.68 bits per heavy atom. The molecule has 3 nitrogen and oxygen atoms in total. The number of halogens is 1. The third-order valence-corrected chi connectivity index (χ3v) is 4.37. The van der Waals surface area contributed by atoms with Crippen molar-refractivity contribution in [3.63, 3.8) is 0 Å². The second-order valence-corrected chi connectivity index (χ2v) is 5.86. The van der Waals surface area contributed by atoms with Gasteiger partial charge in [0.25, 0.3) is 5.91 Å². The maximum absolute atomic E-state index is 12.5. The number of nitrogens with one attached hydrogen (secondary N) is 2. The van der Waals surface area contributed by atoms with Crippen LogP contribution in [0, 0.1) is 0 Å². The molecule has 112 valence electrons. The number of H-pyrrole nitrogens is 1. The fourth-order valence-electron chi connectivity index (χ4n) is 2.54. The fraction of sp³-hybridized carbons (Fsp3) is 0.167. The van der Waals surface area contributed by atoms with Gasteiger partial charge in [0.2, 0.25) is 0 Å². The number of fused-ring (bicyclic) bond motifs is 1. The van der Waals surface area contributed by atoms with E-state index in [0.717, 1.165) is 22.2 Å². The molecule has 1 amide bonds. The van der Waals surface area contributed by atoms with Crippen LogP contribution in [-0.4, -0.2) is 10.9 Å². The lowest BCUT2D eigenvalue weighted by molar-refractivity contribution is 0.0938. The first-order chi connectivity index (χ1) is 10.7. The molecule has 2 N–H and O–H groups in total. The molecular weight excluding hydrogens is 340 g/mol. The number of carbonyl (C=O) groups excluding carboxylic acids is 1. The quantitative estimate of drug-likeness (QED) is 0.661. The monoisotopic (exact) mass is 356 g/mol. The molecule has 0 bridgehead atoms. The normalized spacial score (nSPS) is 12.3. The van der Waals surface area contributed by atoms with Gasteiger partial charge in [-0.25, -0.2) is 0 Å². The molecule has 1 unspecified atom stereocenters. The molecule has 3 rings (SSSR count). The molecule has 1 atom stereocenters. The van der Waals surface area contributed by atoms with Gasteiger partial charge in [-0.3, -0.25) is 4.79 Å². The van der Waals surface area contributed by atoms with Crippen molar-refractivity contribution in [3.05, 3.63) is 71.4 Å². The van der Waals surface area contributed by atoms with E-state index in [-0.39, 0.29) is 11.9 Å². The zero-order chi connectivity index (χ0) is 15.5. The number of amides is 1. The van der Waals surface area contributed by atoms with Crippen LogP contribution < -0.4 is 5.32 Å². The SMILES string of the molecule is CC(NC(=O)c1ccccc1CBr)c1cc2ccccc2[nH]1. The summed E-state index contributed by atoms with van der Waals surface area (Å²) < 4.78 is 0. The molecule has 1 heterocycles. The second-order valence-electron chi connectivity index (χ2n) is 5.30. The largest absolute Gasteiger partial charge is 0.357 e. The van der Waals surface area contributed by atoms with Gasteiger partial charge in [0.05, 0.1) is 6.04 Å². The van der Waals surface area contributed by atoms with E-state index in [4.69, 9.17) is 0 Å². The zero-order valence-electron chi connectivity index (χ0n) is 12.3. The maximum Gasteiger partial charge on any atom is 0.252 e. The number of aromatic nitrogens is 1. The number of benzene rings is 2. The second kappa shape index (κ2) is 6.36. The molecule has 0 saturated heterocycles. The zero-order valence-corrected chi connectivity index (χ0v) is 13.9. The molecule has 0 aliphatic carbocycles. The van der Waals surface area contributed by atoms with E-state index in [9.17, 15) is 4.79 Å². The molecule has 4 heteroatoms. The van der Waals surface area contributed by atoms with Crippen molar-refractivity contribution in [1.82, 2.24) is 10.3 Å². The summed E-state index contributed by atoms with van der Waals surface area (Å²) in [7, 11) is 0. The third-order valence-electron chi connectivity index (χ3n) is 3.77. The van der Waals surface area contributed by atoms with Crippen molar-refractivity contribution >= 4 is 32.7 Å². The highest BCUT2D eigenvalue weighted by Gasteiger charge is 2.15. The van der Waals surface area contributed by atoms with E-state index in [1.54, 1.807) is 0 Å². The van der Waals surface area contributed by atoms with E-state index in [1.165, 1.54) is 0 Å². The molecule has 22 heavy (non-hydrogen) atoms. The summed E-state index contributed by atoms with van der Waals surface area (Å²) in [6.45, 7) is 1.99. The van der Waals surface area contributed by atoms with Gasteiger partial charge in [-0.2, -0.15) is 0 Å². The minimum atomic E-state index is -0.0803. The van der Waals surface area contributed by atoms with Gasteiger partial charge in [0.15, 0.2) is 0 Å². The molecule has 3 aromatic rings. The van der Waals surface area contributed by atoms with Crippen molar-refractivity contribution in [2.24, 2.45) is 0 Å². The number of para-hydroxylation sites is 1. The Labute approximate surface area is 137 Å². The summed E-state index contributed by atoms with van der Waals surface area (Å²) >= 11 is 3.42. The topological polar surface area (TPSA) is 44.9 Å².